The Kier molecular flexibility index (Phi) is 6.16. The number of nitrogens with zero attached hydrogens (tertiary/aromatic N) is 3. The molecule has 0 aliphatic carbocycles. The molecule has 3 aromatic rings. The molecule has 30 heavy (non-hydrogen) atoms. The number of carbonyl (C=O) groups is 1. The Bertz CT molecular complexity index is 981. The van der Waals surface area contributed by atoms with E-state index in [1.54, 1.807) is 19.4 Å². The molecule has 1 aliphatic rings. The van der Waals surface area contributed by atoms with Crippen molar-refractivity contribution in [2.24, 2.45) is 0 Å². The maximum Gasteiger partial charge on any atom is 0.253 e. The highest BCUT2D eigenvalue weighted by Crippen LogP contribution is 2.27. The highest BCUT2D eigenvalue weighted by Gasteiger charge is 2.43. The lowest BCUT2D eigenvalue weighted by molar-refractivity contribution is -0.160. The first kappa shape index (κ1) is 20.2. The van der Waals surface area contributed by atoms with Gasteiger partial charge >= 0.3 is 0 Å². The fraction of sp³-hybridized carbons (Fsp3) is 0.292. The van der Waals surface area contributed by atoms with Gasteiger partial charge in [0.15, 0.2) is 5.60 Å². The van der Waals surface area contributed by atoms with Gasteiger partial charge in [0.1, 0.15) is 0 Å². The second kappa shape index (κ2) is 9.15. The summed E-state index contributed by atoms with van der Waals surface area (Å²) in [6.07, 6.45) is 7.76. The number of amides is 1. The summed E-state index contributed by atoms with van der Waals surface area (Å²) in [7, 11) is 1.67. The number of nitrogens with one attached hydrogen (secondary N) is 1. The highest BCUT2D eigenvalue weighted by molar-refractivity contribution is 5.86. The molecule has 1 atom stereocenters. The lowest BCUT2D eigenvalue weighted by Crippen LogP contribution is -2.60. The van der Waals surface area contributed by atoms with Crippen LogP contribution in [0.25, 0.3) is 11.1 Å². The summed E-state index contributed by atoms with van der Waals surface area (Å²) in [5.41, 5.74) is 3.39. The Labute approximate surface area is 176 Å². The van der Waals surface area contributed by atoms with E-state index in [2.05, 4.69) is 38.4 Å². The number of pyridine rings is 2. The second-order valence-electron chi connectivity index (χ2n) is 7.61. The highest BCUT2D eigenvalue weighted by atomic mass is 16.5. The molecular weight excluding hydrogens is 376 g/mol. The molecule has 6 nitrogen and oxygen atoms in total. The molecule has 1 N–H and O–H groups in total. The number of hydrogen-bond acceptors (Lipinski definition) is 5. The van der Waals surface area contributed by atoms with E-state index < -0.39 is 5.60 Å². The number of carbonyl (C=O) groups excluding carboxylic acids is 1. The van der Waals surface area contributed by atoms with Crippen molar-refractivity contribution < 1.29 is 9.53 Å². The number of rotatable bonds is 6. The fourth-order valence-electron chi connectivity index (χ4n) is 4.02. The van der Waals surface area contributed by atoms with Gasteiger partial charge in [0.2, 0.25) is 0 Å². The molecule has 0 spiro atoms. The van der Waals surface area contributed by atoms with Gasteiger partial charge in [-0.1, -0.05) is 36.4 Å². The molecule has 0 unspecified atom stereocenters. The van der Waals surface area contributed by atoms with Crippen LogP contribution in [0.2, 0.25) is 0 Å². The number of benzene rings is 1. The van der Waals surface area contributed by atoms with E-state index in [0.29, 0.717) is 19.6 Å². The molecule has 1 fully saturated rings. The van der Waals surface area contributed by atoms with E-state index in [0.717, 1.165) is 35.3 Å². The van der Waals surface area contributed by atoms with Crippen LogP contribution < -0.4 is 5.32 Å². The Balaban J connectivity index is 1.57. The van der Waals surface area contributed by atoms with Crippen molar-refractivity contribution in [3.8, 4) is 11.1 Å². The average molecular weight is 402 g/mol. The molecule has 0 radical (unpaired) electrons. The van der Waals surface area contributed by atoms with Crippen LogP contribution in [0.1, 0.15) is 11.1 Å². The number of morpholine rings is 1. The molecule has 6 heteroatoms. The average Bonchev–Trinajstić information content (AvgIpc) is 2.80. The zero-order valence-electron chi connectivity index (χ0n) is 17.1. The van der Waals surface area contributed by atoms with E-state index in [9.17, 15) is 4.79 Å². The van der Waals surface area contributed by atoms with Crippen LogP contribution in [0, 0.1) is 0 Å². The summed E-state index contributed by atoms with van der Waals surface area (Å²) in [6, 6.07) is 16.2. The maximum absolute atomic E-state index is 13.0. The lowest BCUT2D eigenvalue weighted by atomic mass is 9.90. The smallest absolute Gasteiger partial charge is 0.253 e. The topological polar surface area (TPSA) is 67.4 Å². The standard InChI is InChI=1S/C24H26N4O2/c1-25-23(29)24(18-28(11-12-30-24)17-20-6-3-9-26-15-20)14-19-5-2-7-21(13-19)22-8-4-10-27-16-22/h2-10,13,15-16H,11-12,14,17-18H2,1H3,(H,25,29)/t24-/m0/s1. The minimum atomic E-state index is -0.928. The van der Waals surface area contributed by atoms with Crippen LogP contribution in [0.4, 0.5) is 0 Å². The molecule has 4 rings (SSSR count). The summed E-state index contributed by atoms with van der Waals surface area (Å²) >= 11 is 0. The number of ether oxygens (including phenoxy) is 1. The minimum Gasteiger partial charge on any atom is -0.362 e. The second-order valence-corrected chi connectivity index (χ2v) is 7.61. The molecule has 3 heterocycles. The van der Waals surface area contributed by atoms with E-state index in [-0.39, 0.29) is 5.91 Å². The Morgan fingerprint density at radius 2 is 1.83 bits per heavy atom. The predicted octanol–water partition coefficient (Wildman–Crippen LogP) is 2.70. The van der Waals surface area contributed by atoms with Gasteiger partial charge in [-0.05, 0) is 34.4 Å². The van der Waals surface area contributed by atoms with Crippen molar-refractivity contribution in [1.82, 2.24) is 20.2 Å². The normalized spacial score (nSPS) is 19.4. The van der Waals surface area contributed by atoms with E-state index >= 15 is 0 Å². The largest absolute Gasteiger partial charge is 0.362 e. The molecule has 0 bridgehead atoms. The van der Waals surface area contributed by atoms with Crippen LogP contribution in [0.3, 0.4) is 0 Å². The molecule has 154 valence electrons. The first-order chi connectivity index (χ1) is 14.7. The first-order valence-corrected chi connectivity index (χ1v) is 10.2. The maximum atomic E-state index is 13.0. The van der Waals surface area contributed by atoms with Gasteiger partial charge in [-0.3, -0.25) is 19.7 Å². The zero-order chi connectivity index (χ0) is 20.8. The van der Waals surface area contributed by atoms with Gasteiger partial charge in [-0.2, -0.15) is 0 Å². The monoisotopic (exact) mass is 402 g/mol. The number of likely N-dealkylation sites (N-methyl/N-ethyl adjacent to an activating group) is 1. The molecule has 1 saturated heterocycles. The van der Waals surface area contributed by atoms with E-state index in [1.165, 1.54) is 0 Å². The molecule has 1 amide bonds. The van der Waals surface area contributed by atoms with E-state index in [1.807, 2.05) is 42.7 Å². The third kappa shape index (κ3) is 4.56. The third-order valence-corrected chi connectivity index (χ3v) is 5.45. The Morgan fingerprint density at radius 1 is 1.07 bits per heavy atom. The van der Waals surface area contributed by atoms with Crippen molar-refractivity contribution in [2.75, 3.05) is 26.7 Å². The zero-order valence-corrected chi connectivity index (χ0v) is 17.1. The van der Waals surface area contributed by atoms with Crippen LogP contribution >= 0.6 is 0 Å². The quantitative estimate of drug-likeness (QED) is 0.687. The van der Waals surface area contributed by atoms with Crippen molar-refractivity contribution in [3.05, 3.63) is 84.4 Å². The molecule has 1 aliphatic heterocycles. The van der Waals surface area contributed by atoms with Crippen molar-refractivity contribution in [2.45, 2.75) is 18.6 Å². The summed E-state index contributed by atoms with van der Waals surface area (Å²) < 4.78 is 6.15. The van der Waals surface area contributed by atoms with Crippen molar-refractivity contribution in [1.29, 1.82) is 0 Å². The van der Waals surface area contributed by atoms with Gasteiger partial charge in [0.25, 0.3) is 5.91 Å². The predicted molar refractivity (Wildman–Crippen MR) is 116 cm³/mol. The van der Waals surface area contributed by atoms with Gasteiger partial charge in [0.05, 0.1) is 6.61 Å². The SMILES string of the molecule is CNC(=O)[C@]1(Cc2cccc(-c3cccnc3)c2)CN(Cc2cccnc2)CCO1. The van der Waals surface area contributed by atoms with Crippen molar-refractivity contribution in [3.63, 3.8) is 0 Å². The van der Waals surface area contributed by atoms with E-state index in [4.69, 9.17) is 4.74 Å². The van der Waals surface area contributed by atoms with Crippen LogP contribution in [-0.2, 0) is 22.5 Å². The van der Waals surface area contributed by atoms with Crippen LogP contribution in [0.15, 0.2) is 73.3 Å². The molecular formula is C24H26N4O2. The van der Waals surface area contributed by atoms with Gasteiger partial charge in [0, 0.05) is 57.9 Å². The summed E-state index contributed by atoms with van der Waals surface area (Å²) in [5.74, 6) is -0.0924. The van der Waals surface area contributed by atoms with Gasteiger partial charge in [-0.15, -0.1) is 0 Å². The molecule has 0 saturated carbocycles. The minimum absolute atomic E-state index is 0.0924. The van der Waals surface area contributed by atoms with Crippen LogP contribution in [0.5, 0.6) is 0 Å². The van der Waals surface area contributed by atoms with Gasteiger partial charge in [-0.25, -0.2) is 0 Å². The number of aromatic nitrogens is 2. The summed E-state index contributed by atoms with van der Waals surface area (Å²) in [4.78, 5) is 23.6. The Hall–Kier alpha value is -3.09. The van der Waals surface area contributed by atoms with Gasteiger partial charge < -0.3 is 10.1 Å². The lowest BCUT2D eigenvalue weighted by Gasteiger charge is -2.41. The summed E-state index contributed by atoms with van der Waals surface area (Å²) in [5, 5.41) is 2.81. The van der Waals surface area contributed by atoms with Crippen molar-refractivity contribution >= 4 is 5.91 Å². The molecule has 2 aromatic heterocycles. The fourth-order valence-corrected chi connectivity index (χ4v) is 4.02. The van der Waals surface area contributed by atoms with Crippen LogP contribution in [-0.4, -0.2) is 53.1 Å². The summed E-state index contributed by atoms with van der Waals surface area (Å²) in [6.45, 7) is 2.56. The Morgan fingerprint density at radius 3 is 2.57 bits per heavy atom. The third-order valence-electron chi connectivity index (χ3n) is 5.45. The molecule has 1 aromatic carbocycles. The number of hydrogen-bond donors (Lipinski definition) is 1. The first-order valence-electron chi connectivity index (χ1n) is 10.2.